The van der Waals surface area contributed by atoms with Crippen molar-refractivity contribution in [3.8, 4) is 0 Å². The maximum atomic E-state index is 12.2. The van der Waals surface area contributed by atoms with Gasteiger partial charge in [-0.2, -0.15) is 0 Å². The zero-order chi connectivity index (χ0) is 14.9. The number of unbranched alkanes of at least 4 members (excludes halogenated alkanes) is 5. The fourth-order valence-corrected chi connectivity index (χ4v) is 2.88. The highest BCUT2D eigenvalue weighted by atomic mass is 16.2. The van der Waals surface area contributed by atoms with Crippen LogP contribution in [0.5, 0.6) is 0 Å². The normalized spacial score (nSPS) is 17.3. The van der Waals surface area contributed by atoms with Gasteiger partial charge in [-0.25, -0.2) is 0 Å². The SMILES string of the molecule is CCCCCCCCNC(=O)[C@@H]1Cc2ccccc2CN1. The van der Waals surface area contributed by atoms with Crippen LogP contribution in [-0.4, -0.2) is 18.5 Å². The zero-order valence-electron chi connectivity index (χ0n) is 13.2. The average Bonchev–Trinajstić information content (AvgIpc) is 2.53. The summed E-state index contributed by atoms with van der Waals surface area (Å²) in [6.07, 6.45) is 8.35. The van der Waals surface area contributed by atoms with E-state index in [1.807, 2.05) is 0 Å². The van der Waals surface area contributed by atoms with Crippen LogP contribution < -0.4 is 10.6 Å². The van der Waals surface area contributed by atoms with Gasteiger partial charge in [0.1, 0.15) is 0 Å². The van der Waals surface area contributed by atoms with Crippen molar-refractivity contribution in [2.75, 3.05) is 6.54 Å². The van der Waals surface area contributed by atoms with Crippen LogP contribution in [0.4, 0.5) is 0 Å². The van der Waals surface area contributed by atoms with E-state index in [4.69, 9.17) is 0 Å². The third-order valence-electron chi connectivity index (χ3n) is 4.23. The summed E-state index contributed by atoms with van der Waals surface area (Å²) < 4.78 is 0. The van der Waals surface area contributed by atoms with E-state index < -0.39 is 0 Å². The molecule has 2 rings (SSSR count). The lowest BCUT2D eigenvalue weighted by Gasteiger charge is -2.25. The number of fused-ring (bicyclic) bond motifs is 1. The van der Waals surface area contributed by atoms with Crippen LogP contribution in [0.25, 0.3) is 0 Å². The smallest absolute Gasteiger partial charge is 0.237 e. The van der Waals surface area contributed by atoms with Crippen molar-refractivity contribution in [3.05, 3.63) is 35.4 Å². The number of carbonyl (C=O) groups is 1. The number of benzene rings is 1. The molecule has 1 heterocycles. The second-order valence-electron chi connectivity index (χ2n) is 5.97. The molecule has 1 amide bonds. The minimum absolute atomic E-state index is 0.0695. The Morgan fingerprint density at radius 1 is 1.14 bits per heavy atom. The molecule has 0 aliphatic carbocycles. The molecule has 0 radical (unpaired) electrons. The van der Waals surface area contributed by atoms with Gasteiger partial charge in [0.05, 0.1) is 6.04 Å². The number of rotatable bonds is 8. The van der Waals surface area contributed by atoms with Gasteiger partial charge in [0.2, 0.25) is 5.91 Å². The lowest BCUT2D eigenvalue weighted by Crippen LogP contribution is -2.47. The summed E-state index contributed by atoms with van der Waals surface area (Å²) in [5.41, 5.74) is 2.62. The lowest BCUT2D eigenvalue weighted by molar-refractivity contribution is -0.123. The Morgan fingerprint density at radius 3 is 2.67 bits per heavy atom. The highest BCUT2D eigenvalue weighted by Crippen LogP contribution is 2.16. The van der Waals surface area contributed by atoms with Crippen LogP contribution >= 0.6 is 0 Å². The lowest BCUT2D eigenvalue weighted by atomic mass is 9.95. The summed E-state index contributed by atoms with van der Waals surface area (Å²) in [7, 11) is 0. The Kier molecular flexibility index (Phi) is 6.74. The molecule has 0 saturated carbocycles. The highest BCUT2D eigenvalue weighted by Gasteiger charge is 2.23. The first-order valence-electron chi connectivity index (χ1n) is 8.39. The van der Waals surface area contributed by atoms with Crippen molar-refractivity contribution in [3.63, 3.8) is 0 Å². The fraction of sp³-hybridized carbons (Fsp3) is 0.611. The maximum absolute atomic E-state index is 12.2. The van der Waals surface area contributed by atoms with Crippen molar-refractivity contribution >= 4 is 5.91 Å². The molecule has 0 fully saturated rings. The van der Waals surface area contributed by atoms with Crippen molar-refractivity contribution < 1.29 is 4.79 Å². The summed E-state index contributed by atoms with van der Waals surface area (Å²) in [4.78, 5) is 12.2. The maximum Gasteiger partial charge on any atom is 0.237 e. The summed E-state index contributed by atoms with van der Waals surface area (Å²) in [5, 5.41) is 6.40. The van der Waals surface area contributed by atoms with Crippen LogP contribution in [0.3, 0.4) is 0 Å². The summed E-state index contributed by atoms with van der Waals surface area (Å²) in [6, 6.07) is 8.30. The molecule has 3 heteroatoms. The van der Waals surface area contributed by atoms with E-state index in [0.717, 1.165) is 25.9 Å². The molecule has 1 aromatic rings. The van der Waals surface area contributed by atoms with E-state index in [2.05, 4.69) is 41.8 Å². The quantitative estimate of drug-likeness (QED) is 0.721. The molecule has 1 aromatic carbocycles. The Balaban J connectivity index is 1.64. The Bertz CT molecular complexity index is 445. The molecule has 3 nitrogen and oxygen atoms in total. The number of hydrogen-bond acceptors (Lipinski definition) is 2. The van der Waals surface area contributed by atoms with E-state index in [0.29, 0.717) is 0 Å². The van der Waals surface area contributed by atoms with E-state index in [9.17, 15) is 4.79 Å². The predicted molar refractivity (Wildman–Crippen MR) is 87.2 cm³/mol. The van der Waals surface area contributed by atoms with Gasteiger partial charge < -0.3 is 10.6 Å². The number of hydrogen-bond donors (Lipinski definition) is 2. The predicted octanol–water partition coefficient (Wildman–Crippen LogP) is 3.18. The average molecular weight is 288 g/mol. The third kappa shape index (κ3) is 5.16. The van der Waals surface area contributed by atoms with Crippen LogP contribution in [0, 0.1) is 0 Å². The Morgan fingerprint density at radius 2 is 1.86 bits per heavy atom. The van der Waals surface area contributed by atoms with Crippen LogP contribution in [0.1, 0.15) is 56.6 Å². The molecule has 1 atom stereocenters. The van der Waals surface area contributed by atoms with Gasteiger partial charge in [-0.15, -0.1) is 0 Å². The summed E-state index contributed by atoms with van der Waals surface area (Å²) >= 11 is 0. The molecule has 0 aromatic heterocycles. The van der Waals surface area contributed by atoms with Crippen molar-refractivity contribution in [2.24, 2.45) is 0 Å². The molecular formula is C18H28N2O. The standard InChI is InChI=1S/C18H28N2O/c1-2-3-4-5-6-9-12-19-18(21)17-13-15-10-7-8-11-16(15)14-20-17/h7-8,10-11,17,20H,2-6,9,12-14H2,1H3,(H,19,21)/t17-/m0/s1. The topological polar surface area (TPSA) is 41.1 Å². The molecule has 0 saturated heterocycles. The van der Waals surface area contributed by atoms with Crippen molar-refractivity contribution in [1.29, 1.82) is 0 Å². The second kappa shape index (κ2) is 8.83. The first-order valence-corrected chi connectivity index (χ1v) is 8.39. The van der Waals surface area contributed by atoms with Gasteiger partial charge in [0.25, 0.3) is 0 Å². The molecule has 21 heavy (non-hydrogen) atoms. The van der Waals surface area contributed by atoms with Crippen LogP contribution in [-0.2, 0) is 17.8 Å². The number of nitrogens with one attached hydrogen (secondary N) is 2. The Labute approximate surface area is 128 Å². The van der Waals surface area contributed by atoms with E-state index in [1.165, 1.54) is 43.2 Å². The molecule has 116 valence electrons. The van der Waals surface area contributed by atoms with E-state index in [1.54, 1.807) is 0 Å². The van der Waals surface area contributed by atoms with E-state index in [-0.39, 0.29) is 11.9 Å². The first kappa shape index (κ1) is 16.0. The summed E-state index contributed by atoms with van der Waals surface area (Å²) in [5.74, 6) is 0.151. The molecule has 0 unspecified atom stereocenters. The van der Waals surface area contributed by atoms with Gasteiger partial charge >= 0.3 is 0 Å². The second-order valence-corrected chi connectivity index (χ2v) is 5.97. The van der Waals surface area contributed by atoms with Gasteiger partial charge in [0.15, 0.2) is 0 Å². The van der Waals surface area contributed by atoms with Crippen LogP contribution in [0.2, 0.25) is 0 Å². The molecule has 2 N–H and O–H groups in total. The largest absolute Gasteiger partial charge is 0.355 e. The fourth-order valence-electron chi connectivity index (χ4n) is 2.88. The monoisotopic (exact) mass is 288 g/mol. The molecule has 0 spiro atoms. The van der Waals surface area contributed by atoms with Crippen molar-refractivity contribution in [2.45, 2.75) is 64.5 Å². The molecular weight excluding hydrogens is 260 g/mol. The zero-order valence-corrected chi connectivity index (χ0v) is 13.2. The van der Waals surface area contributed by atoms with Gasteiger partial charge in [-0.05, 0) is 24.0 Å². The van der Waals surface area contributed by atoms with Gasteiger partial charge in [-0.3, -0.25) is 4.79 Å². The third-order valence-corrected chi connectivity index (χ3v) is 4.23. The van der Waals surface area contributed by atoms with Gasteiger partial charge in [-0.1, -0.05) is 63.3 Å². The minimum atomic E-state index is -0.0695. The highest BCUT2D eigenvalue weighted by molar-refractivity contribution is 5.82. The van der Waals surface area contributed by atoms with E-state index >= 15 is 0 Å². The van der Waals surface area contributed by atoms with Crippen molar-refractivity contribution in [1.82, 2.24) is 10.6 Å². The number of amides is 1. The molecule has 0 bridgehead atoms. The number of carbonyl (C=O) groups excluding carboxylic acids is 1. The molecule has 1 aliphatic rings. The van der Waals surface area contributed by atoms with Crippen LogP contribution in [0.15, 0.2) is 24.3 Å². The first-order chi connectivity index (χ1) is 10.3. The Hall–Kier alpha value is -1.35. The minimum Gasteiger partial charge on any atom is -0.355 e. The molecule has 1 aliphatic heterocycles. The summed E-state index contributed by atoms with van der Waals surface area (Å²) in [6.45, 7) is 3.84. The van der Waals surface area contributed by atoms with Gasteiger partial charge in [0, 0.05) is 13.1 Å².